The second kappa shape index (κ2) is 6.04. The highest BCUT2D eigenvalue weighted by atomic mass is 16.5. The van der Waals surface area contributed by atoms with Crippen molar-refractivity contribution < 1.29 is 9.47 Å². The van der Waals surface area contributed by atoms with Gasteiger partial charge in [0.05, 0.1) is 12.6 Å². The molecule has 3 nitrogen and oxygen atoms in total. The maximum absolute atomic E-state index is 5.96. The SMILES string of the molecule is C=C(OCCC)[C@@H](N)C[C@H]1CCOC1. The van der Waals surface area contributed by atoms with Crippen molar-refractivity contribution in [3.05, 3.63) is 12.3 Å². The average Bonchev–Trinajstić information content (AvgIpc) is 2.66. The molecule has 0 spiro atoms. The molecule has 1 rings (SSSR count). The lowest BCUT2D eigenvalue weighted by atomic mass is 9.99. The highest BCUT2D eigenvalue weighted by molar-refractivity contribution is 4.96. The number of rotatable bonds is 6. The summed E-state index contributed by atoms with van der Waals surface area (Å²) in [7, 11) is 0. The van der Waals surface area contributed by atoms with Gasteiger partial charge >= 0.3 is 0 Å². The van der Waals surface area contributed by atoms with Gasteiger partial charge in [-0.15, -0.1) is 0 Å². The average molecular weight is 199 g/mol. The van der Waals surface area contributed by atoms with Gasteiger partial charge in [0.15, 0.2) is 0 Å². The molecule has 1 heterocycles. The first-order valence-corrected chi connectivity index (χ1v) is 5.39. The summed E-state index contributed by atoms with van der Waals surface area (Å²) in [5, 5.41) is 0. The van der Waals surface area contributed by atoms with Gasteiger partial charge < -0.3 is 15.2 Å². The van der Waals surface area contributed by atoms with Crippen molar-refractivity contribution in [3.63, 3.8) is 0 Å². The molecular weight excluding hydrogens is 178 g/mol. The molecule has 1 aliphatic rings. The summed E-state index contributed by atoms with van der Waals surface area (Å²) >= 11 is 0. The van der Waals surface area contributed by atoms with Crippen molar-refractivity contribution in [1.82, 2.24) is 0 Å². The first kappa shape index (κ1) is 11.5. The van der Waals surface area contributed by atoms with E-state index < -0.39 is 0 Å². The van der Waals surface area contributed by atoms with Gasteiger partial charge in [0.2, 0.25) is 0 Å². The van der Waals surface area contributed by atoms with Gasteiger partial charge in [-0.25, -0.2) is 0 Å². The molecule has 1 saturated heterocycles. The van der Waals surface area contributed by atoms with E-state index in [2.05, 4.69) is 13.5 Å². The molecule has 0 aromatic heterocycles. The molecular formula is C11H21NO2. The van der Waals surface area contributed by atoms with E-state index in [-0.39, 0.29) is 6.04 Å². The standard InChI is InChI=1S/C11H21NO2/c1-3-5-14-9(2)11(12)7-10-4-6-13-8-10/h10-11H,2-8,12H2,1H3/t10-,11+/m1/s1. The van der Waals surface area contributed by atoms with Crippen LogP contribution in [-0.4, -0.2) is 25.9 Å². The van der Waals surface area contributed by atoms with E-state index >= 15 is 0 Å². The first-order valence-electron chi connectivity index (χ1n) is 5.39. The van der Waals surface area contributed by atoms with Crippen LogP contribution < -0.4 is 5.73 Å². The Morgan fingerprint density at radius 1 is 1.71 bits per heavy atom. The van der Waals surface area contributed by atoms with E-state index in [0.29, 0.717) is 12.5 Å². The molecule has 82 valence electrons. The summed E-state index contributed by atoms with van der Waals surface area (Å²) in [6.45, 7) is 8.35. The van der Waals surface area contributed by atoms with Gasteiger partial charge in [-0.3, -0.25) is 0 Å². The lowest BCUT2D eigenvalue weighted by Crippen LogP contribution is -2.27. The van der Waals surface area contributed by atoms with Crippen LogP contribution in [0.1, 0.15) is 26.2 Å². The van der Waals surface area contributed by atoms with Crippen molar-refractivity contribution in [2.45, 2.75) is 32.2 Å². The van der Waals surface area contributed by atoms with Gasteiger partial charge in [-0.05, 0) is 25.2 Å². The highest BCUT2D eigenvalue weighted by Gasteiger charge is 2.20. The van der Waals surface area contributed by atoms with Crippen molar-refractivity contribution in [1.29, 1.82) is 0 Å². The third-order valence-corrected chi connectivity index (χ3v) is 2.52. The fourth-order valence-corrected chi connectivity index (χ4v) is 1.60. The van der Waals surface area contributed by atoms with Crippen LogP contribution in [0.15, 0.2) is 12.3 Å². The van der Waals surface area contributed by atoms with Gasteiger partial charge in [-0.2, -0.15) is 0 Å². The highest BCUT2D eigenvalue weighted by Crippen LogP contribution is 2.20. The van der Waals surface area contributed by atoms with Crippen molar-refractivity contribution in [2.75, 3.05) is 19.8 Å². The molecule has 1 aliphatic heterocycles. The lowest BCUT2D eigenvalue weighted by molar-refractivity contribution is 0.171. The van der Waals surface area contributed by atoms with Crippen LogP contribution >= 0.6 is 0 Å². The normalized spacial score (nSPS) is 23.4. The largest absolute Gasteiger partial charge is 0.497 e. The third kappa shape index (κ3) is 3.68. The quantitative estimate of drug-likeness (QED) is 0.662. The van der Waals surface area contributed by atoms with Gasteiger partial charge in [0, 0.05) is 13.2 Å². The Hall–Kier alpha value is -0.540. The Morgan fingerprint density at radius 3 is 3.07 bits per heavy atom. The van der Waals surface area contributed by atoms with Crippen LogP contribution in [0.4, 0.5) is 0 Å². The Balaban J connectivity index is 2.18. The summed E-state index contributed by atoms with van der Waals surface area (Å²) in [5.41, 5.74) is 5.96. The smallest absolute Gasteiger partial charge is 0.105 e. The van der Waals surface area contributed by atoms with Crippen LogP contribution in [0.2, 0.25) is 0 Å². The molecule has 3 heteroatoms. The van der Waals surface area contributed by atoms with Gasteiger partial charge in [-0.1, -0.05) is 13.5 Å². The maximum atomic E-state index is 5.96. The molecule has 0 bridgehead atoms. The molecule has 2 atom stereocenters. The molecule has 0 aliphatic carbocycles. The zero-order chi connectivity index (χ0) is 10.4. The Bertz CT molecular complexity index is 176. The van der Waals surface area contributed by atoms with E-state index in [0.717, 1.165) is 38.2 Å². The molecule has 0 unspecified atom stereocenters. The topological polar surface area (TPSA) is 44.5 Å². The van der Waals surface area contributed by atoms with Crippen LogP contribution in [0.5, 0.6) is 0 Å². The molecule has 0 saturated carbocycles. The van der Waals surface area contributed by atoms with Crippen molar-refractivity contribution in [3.8, 4) is 0 Å². The molecule has 0 radical (unpaired) electrons. The van der Waals surface area contributed by atoms with E-state index in [1.54, 1.807) is 0 Å². The minimum atomic E-state index is -0.0340. The van der Waals surface area contributed by atoms with Crippen LogP contribution in [0.25, 0.3) is 0 Å². The van der Waals surface area contributed by atoms with E-state index in [1.807, 2.05) is 0 Å². The molecule has 0 aromatic carbocycles. The third-order valence-electron chi connectivity index (χ3n) is 2.52. The summed E-state index contributed by atoms with van der Waals surface area (Å²) in [5.74, 6) is 1.31. The monoisotopic (exact) mass is 199 g/mol. The Kier molecular flexibility index (Phi) is 4.98. The number of hydrogen-bond donors (Lipinski definition) is 1. The Morgan fingerprint density at radius 2 is 2.50 bits per heavy atom. The van der Waals surface area contributed by atoms with E-state index in [4.69, 9.17) is 15.2 Å². The van der Waals surface area contributed by atoms with Crippen molar-refractivity contribution in [2.24, 2.45) is 11.7 Å². The number of ether oxygens (including phenoxy) is 2. The summed E-state index contributed by atoms with van der Waals surface area (Å²) in [6.07, 6.45) is 3.05. The number of nitrogens with two attached hydrogens (primary N) is 1. The molecule has 1 fully saturated rings. The molecule has 2 N–H and O–H groups in total. The minimum Gasteiger partial charge on any atom is -0.497 e. The predicted molar refractivity (Wildman–Crippen MR) is 56.9 cm³/mol. The van der Waals surface area contributed by atoms with Crippen LogP contribution in [0.3, 0.4) is 0 Å². The zero-order valence-electron chi connectivity index (χ0n) is 9.00. The van der Waals surface area contributed by atoms with Crippen molar-refractivity contribution >= 4 is 0 Å². The zero-order valence-corrected chi connectivity index (χ0v) is 9.00. The summed E-state index contributed by atoms with van der Waals surface area (Å²) in [6, 6.07) is -0.0340. The fraction of sp³-hybridized carbons (Fsp3) is 0.818. The molecule has 14 heavy (non-hydrogen) atoms. The predicted octanol–water partition coefficient (Wildman–Crippen LogP) is 1.68. The summed E-state index contributed by atoms with van der Waals surface area (Å²) < 4.78 is 10.7. The maximum Gasteiger partial charge on any atom is 0.105 e. The van der Waals surface area contributed by atoms with E-state index in [1.165, 1.54) is 0 Å². The lowest BCUT2D eigenvalue weighted by Gasteiger charge is -2.18. The van der Waals surface area contributed by atoms with Crippen LogP contribution in [0, 0.1) is 5.92 Å². The van der Waals surface area contributed by atoms with E-state index in [9.17, 15) is 0 Å². The number of hydrogen-bond acceptors (Lipinski definition) is 3. The van der Waals surface area contributed by atoms with Crippen LogP contribution in [-0.2, 0) is 9.47 Å². The second-order valence-corrected chi connectivity index (χ2v) is 3.89. The fourth-order valence-electron chi connectivity index (χ4n) is 1.60. The second-order valence-electron chi connectivity index (χ2n) is 3.89. The van der Waals surface area contributed by atoms with Gasteiger partial charge in [0.1, 0.15) is 5.76 Å². The Labute approximate surface area is 86.3 Å². The molecule has 0 amide bonds. The first-order chi connectivity index (χ1) is 6.74. The summed E-state index contributed by atoms with van der Waals surface area (Å²) in [4.78, 5) is 0. The minimum absolute atomic E-state index is 0.0340. The molecule has 0 aromatic rings. The van der Waals surface area contributed by atoms with Gasteiger partial charge in [0.25, 0.3) is 0 Å².